The Morgan fingerprint density at radius 3 is 2.42 bits per heavy atom. The lowest BCUT2D eigenvalue weighted by Gasteiger charge is -2.25. The van der Waals surface area contributed by atoms with Gasteiger partial charge in [0.25, 0.3) is 0 Å². The summed E-state index contributed by atoms with van der Waals surface area (Å²) in [5, 5.41) is -0.374. The monoisotopic (exact) mass is 218 g/mol. The first-order valence-corrected chi connectivity index (χ1v) is 4.28. The van der Waals surface area contributed by atoms with Crippen LogP contribution in [0.3, 0.4) is 0 Å². The van der Waals surface area contributed by atoms with E-state index in [2.05, 4.69) is 0 Å². The molecular weight excluding hydrogens is 212 g/mol. The van der Waals surface area contributed by atoms with Crippen molar-refractivity contribution in [2.45, 2.75) is 24.4 Å². The third-order valence-corrected chi connectivity index (χ3v) is 2.36. The van der Waals surface area contributed by atoms with Crippen molar-refractivity contribution < 1.29 is 13.2 Å². The summed E-state index contributed by atoms with van der Waals surface area (Å²) in [6.45, 7) is 0. The number of rotatable bonds is 0. The molecule has 2 atom stereocenters. The van der Waals surface area contributed by atoms with E-state index in [4.69, 9.17) is 23.2 Å². The fraction of sp³-hybridized carbons (Fsp3) is 0.714. The van der Waals surface area contributed by atoms with Gasteiger partial charge in [0, 0.05) is 5.03 Å². The van der Waals surface area contributed by atoms with Crippen molar-refractivity contribution in [1.29, 1.82) is 0 Å². The van der Waals surface area contributed by atoms with E-state index in [9.17, 15) is 13.2 Å². The van der Waals surface area contributed by atoms with Gasteiger partial charge in [0.1, 0.15) is 0 Å². The Hall–Kier alpha value is 0.110. The predicted molar refractivity (Wildman–Crippen MR) is 42.4 cm³/mol. The SMILES string of the molecule is FC(F)(F)C1CC(Cl)=CC(Cl)C1. The average molecular weight is 219 g/mol. The fourth-order valence-corrected chi connectivity index (χ4v) is 1.94. The lowest BCUT2D eigenvalue weighted by molar-refractivity contribution is -0.176. The van der Waals surface area contributed by atoms with Crippen molar-refractivity contribution in [2.24, 2.45) is 5.92 Å². The summed E-state index contributed by atoms with van der Waals surface area (Å²) in [4.78, 5) is 0. The first-order chi connectivity index (χ1) is 5.39. The number of halogens is 5. The first kappa shape index (κ1) is 10.2. The molecular formula is C7H7Cl2F3. The molecule has 0 heterocycles. The first-order valence-electron chi connectivity index (χ1n) is 3.46. The highest BCUT2D eigenvalue weighted by Crippen LogP contribution is 2.39. The lowest BCUT2D eigenvalue weighted by atomic mass is 9.93. The van der Waals surface area contributed by atoms with E-state index in [0.717, 1.165) is 0 Å². The van der Waals surface area contributed by atoms with Crippen LogP contribution in [0.2, 0.25) is 0 Å². The molecule has 0 aromatic rings. The van der Waals surface area contributed by atoms with Crippen LogP contribution in [0.15, 0.2) is 11.1 Å². The second-order valence-electron chi connectivity index (χ2n) is 2.81. The van der Waals surface area contributed by atoms with Crippen LogP contribution < -0.4 is 0 Å². The van der Waals surface area contributed by atoms with Crippen LogP contribution in [-0.4, -0.2) is 11.6 Å². The number of allylic oxidation sites excluding steroid dienone is 2. The molecule has 5 heteroatoms. The van der Waals surface area contributed by atoms with Crippen LogP contribution in [0.5, 0.6) is 0 Å². The van der Waals surface area contributed by atoms with E-state index in [1.54, 1.807) is 0 Å². The van der Waals surface area contributed by atoms with Gasteiger partial charge in [-0.3, -0.25) is 0 Å². The van der Waals surface area contributed by atoms with Gasteiger partial charge in [-0.1, -0.05) is 17.7 Å². The van der Waals surface area contributed by atoms with Crippen LogP contribution in [0.4, 0.5) is 13.2 Å². The molecule has 0 aromatic carbocycles. The minimum Gasteiger partial charge on any atom is -0.171 e. The van der Waals surface area contributed by atoms with Crippen molar-refractivity contribution in [3.63, 3.8) is 0 Å². The minimum absolute atomic E-state index is 0.0682. The molecule has 12 heavy (non-hydrogen) atoms. The number of hydrogen-bond donors (Lipinski definition) is 0. The minimum atomic E-state index is -4.18. The summed E-state index contributed by atoms with van der Waals surface area (Å²) < 4.78 is 36.4. The normalized spacial score (nSPS) is 31.6. The second kappa shape index (κ2) is 3.46. The molecule has 1 rings (SSSR count). The molecule has 0 radical (unpaired) electrons. The molecule has 1 aliphatic carbocycles. The molecule has 0 saturated heterocycles. The van der Waals surface area contributed by atoms with Gasteiger partial charge in [-0.05, 0) is 12.8 Å². The molecule has 0 spiro atoms. The topological polar surface area (TPSA) is 0 Å². The maximum absolute atomic E-state index is 12.1. The molecule has 1 aliphatic rings. The Labute approximate surface area is 78.3 Å². The highest BCUT2D eigenvalue weighted by molar-refractivity contribution is 6.31. The van der Waals surface area contributed by atoms with Crippen LogP contribution in [0.25, 0.3) is 0 Å². The van der Waals surface area contributed by atoms with Crippen LogP contribution in [-0.2, 0) is 0 Å². The Bertz CT molecular complexity index is 197. The number of hydrogen-bond acceptors (Lipinski definition) is 0. The molecule has 0 saturated carbocycles. The van der Waals surface area contributed by atoms with E-state index in [-0.39, 0.29) is 17.9 Å². The van der Waals surface area contributed by atoms with Gasteiger partial charge in [0.05, 0.1) is 11.3 Å². The highest BCUT2D eigenvalue weighted by atomic mass is 35.5. The molecule has 0 nitrogen and oxygen atoms in total. The summed E-state index contributed by atoms with van der Waals surface area (Å²) in [6.07, 6.45) is -2.91. The lowest BCUT2D eigenvalue weighted by Crippen LogP contribution is -2.27. The van der Waals surface area contributed by atoms with Crippen molar-refractivity contribution in [1.82, 2.24) is 0 Å². The highest BCUT2D eigenvalue weighted by Gasteiger charge is 2.42. The van der Waals surface area contributed by atoms with Crippen LogP contribution in [0, 0.1) is 5.92 Å². The quantitative estimate of drug-likeness (QED) is 0.545. The van der Waals surface area contributed by atoms with Gasteiger partial charge in [-0.15, -0.1) is 11.6 Å². The van der Waals surface area contributed by atoms with Gasteiger partial charge in [0.15, 0.2) is 0 Å². The zero-order chi connectivity index (χ0) is 9.35. The number of alkyl halides is 4. The average Bonchev–Trinajstić information content (AvgIpc) is 1.82. The summed E-state index contributed by atoms with van der Waals surface area (Å²) in [5.74, 6) is -1.38. The summed E-state index contributed by atoms with van der Waals surface area (Å²) in [7, 11) is 0. The Balaban J connectivity index is 2.68. The zero-order valence-corrected chi connectivity index (χ0v) is 7.55. The summed E-state index contributed by atoms with van der Waals surface area (Å²) >= 11 is 11.0. The van der Waals surface area contributed by atoms with Crippen LogP contribution in [0.1, 0.15) is 12.8 Å². The maximum atomic E-state index is 12.1. The van der Waals surface area contributed by atoms with Gasteiger partial charge in [0.2, 0.25) is 0 Å². The Morgan fingerprint density at radius 1 is 1.42 bits per heavy atom. The van der Waals surface area contributed by atoms with Gasteiger partial charge in [-0.2, -0.15) is 13.2 Å². The maximum Gasteiger partial charge on any atom is 0.392 e. The van der Waals surface area contributed by atoms with Crippen molar-refractivity contribution in [3.05, 3.63) is 11.1 Å². The van der Waals surface area contributed by atoms with E-state index < -0.39 is 17.5 Å². The summed E-state index contributed by atoms with van der Waals surface area (Å²) in [5.41, 5.74) is 0. The van der Waals surface area contributed by atoms with Crippen molar-refractivity contribution in [3.8, 4) is 0 Å². The molecule has 0 bridgehead atoms. The van der Waals surface area contributed by atoms with Gasteiger partial charge in [-0.25, -0.2) is 0 Å². The molecule has 0 aliphatic heterocycles. The summed E-state index contributed by atoms with van der Waals surface area (Å²) in [6, 6.07) is 0. The molecule has 0 N–H and O–H groups in total. The largest absolute Gasteiger partial charge is 0.392 e. The van der Waals surface area contributed by atoms with Gasteiger partial charge >= 0.3 is 6.18 Å². The van der Waals surface area contributed by atoms with E-state index in [0.29, 0.717) is 0 Å². The zero-order valence-electron chi connectivity index (χ0n) is 6.04. The Kier molecular flexibility index (Phi) is 2.94. The van der Waals surface area contributed by atoms with E-state index in [1.165, 1.54) is 6.08 Å². The molecule has 2 unspecified atom stereocenters. The smallest absolute Gasteiger partial charge is 0.171 e. The fourth-order valence-electron chi connectivity index (χ4n) is 1.17. The van der Waals surface area contributed by atoms with E-state index in [1.807, 2.05) is 0 Å². The van der Waals surface area contributed by atoms with Crippen molar-refractivity contribution >= 4 is 23.2 Å². The molecule has 0 aromatic heterocycles. The van der Waals surface area contributed by atoms with Crippen LogP contribution >= 0.6 is 23.2 Å². The Morgan fingerprint density at radius 2 is 2.00 bits per heavy atom. The molecule has 70 valence electrons. The standard InChI is InChI=1S/C7H7Cl2F3/c8-5-1-4(7(10,11)12)2-6(9)3-5/h3-5H,1-2H2. The third-order valence-electron chi connectivity index (χ3n) is 1.78. The van der Waals surface area contributed by atoms with E-state index >= 15 is 0 Å². The van der Waals surface area contributed by atoms with Crippen molar-refractivity contribution in [2.75, 3.05) is 0 Å². The predicted octanol–water partition coefficient (Wildman–Crippen LogP) is 3.69. The van der Waals surface area contributed by atoms with Gasteiger partial charge < -0.3 is 0 Å². The molecule has 0 fully saturated rings. The third kappa shape index (κ3) is 2.56. The second-order valence-corrected chi connectivity index (χ2v) is 3.85. The molecule has 0 amide bonds.